The summed E-state index contributed by atoms with van der Waals surface area (Å²) >= 11 is 12.3. The molecule has 0 atom stereocenters. The van der Waals surface area contributed by atoms with Crippen LogP contribution in [0.2, 0.25) is 10.0 Å². The number of rotatable bonds is 8. The number of nitrogens with one attached hydrogen (secondary N) is 1. The number of aliphatic hydroxyl groups excluding tert-OH is 1. The maximum absolute atomic E-state index is 8.81. The molecule has 0 aliphatic heterocycles. The quantitative estimate of drug-likeness (QED) is 0.709. The molecule has 6 heteroatoms. The highest BCUT2D eigenvalue weighted by Crippen LogP contribution is 2.34. The van der Waals surface area contributed by atoms with Crippen LogP contribution in [-0.2, 0) is 13.2 Å². The molecule has 0 aromatic heterocycles. The molecule has 0 aliphatic carbocycles. The summed E-state index contributed by atoms with van der Waals surface area (Å²) in [5, 5.41) is 13.1. The van der Waals surface area contributed by atoms with Gasteiger partial charge in [0.05, 0.1) is 13.7 Å². The molecule has 0 unspecified atom stereocenters. The van der Waals surface area contributed by atoms with E-state index in [0.29, 0.717) is 41.2 Å². The third-order valence-corrected chi connectivity index (χ3v) is 3.81. The molecule has 0 heterocycles. The first-order valence-electron chi connectivity index (χ1n) is 7.19. The van der Waals surface area contributed by atoms with Gasteiger partial charge in [0.15, 0.2) is 11.5 Å². The summed E-state index contributed by atoms with van der Waals surface area (Å²) in [6.45, 7) is 1.50. The lowest BCUT2D eigenvalue weighted by Gasteiger charge is -2.14. The second-order valence-corrected chi connectivity index (χ2v) is 5.76. The predicted molar refractivity (Wildman–Crippen MR) is 92.6 cm³/mol. The topological polar surface area (TPSA) is 50.7 Å². The van der Waals surface area contributed by atoms with Gasteiger partial charge < -0.3 is 19.9 Å². The summed E-state index contributed by atoms with van der Waals surface area (Å²) < 4.78 is 11.2. The molecular weight excluding hydrogens is 337 g/mol. The Labute approximate surface area is 145 Å². The fraction of sp³-hybridized carbons (Fsp3) is 0.294. The van der Waals surface area contributed by atoms with Gasteiger partial charge in [-0.3, -0.25) is 0 Å². The molecule has 2 rings (SSSR count). The molecule has 2 aromatic carbocycles. The normalized spacial score (nSPS) is 10.6. The lowest BCUT2D eigenvalue weighted by atomic mass is 10.2. The van der Waals surface area contributed by atoms with E-state index in [-0.39, 0.29) is 6.61 Å². The standard InChI is InChI=1S/C17H19Cl2NO3/c1-22-16-8-13(10-20-5-6-21)15(19)9-17(16)23-11-12-3-2-4-14(18)7-12/h2-4,7-9,20-21H,5-6,10-11H2,1H3. The Kier molecular flexibility index (Phi) is 6.99. The van der Waals surface area contributed by atoms with Gasteiger partial charge in [0.25, 0.3) is 0 Å². The Morgan fingerprint density at radius 3 is 2.65 bits per heavy atom. The highest BCUT2D eigenvalue weighted by Gasteiger charge is 2.11. The largest absolute Gasteiger partial charge is 0.493 e. The van der Waals surface area contributed by atoms with Crippen LogP contribution in [0, 0.1) is 0 Å². The van der Waals surface area contributed by atoms with Gasteiger partial charge in [-0.05, 0) is 29.3 Å². The van der Waals surface area contributed by atoms with E-state index >= 15 is 0 Å². The molecule has 0 saturated carbocycles. The molecule has 0 saturated heterocycles. The van der Waals surface area contributed by atoms with E-state index in [0.717, 1.165) is 11.1 Å². The number of hydrogen-bond donors (Lipinski definition) is 2. The van der Waals surface area contributed by atoms with Crippen molar-refractivity contribution in [3.05, 3.63) is 57.6 Å². The zero-order valence-electron chi connectivity index (χ0n) is 12.8. The second-order valence-electron chi connectivity index (χ2n) is 4.91. The van der Waals surface area contributed by atoms with Crippen molar-refractivity contribution in [2.24, 2.45) is 0 Å². The predicted octanol–water partition coefficient (Wildman–Crippen LogP) is 3.66. The summed E-state index contributed by atoms with van der Waals surface area (Å²) in [7, 11) is 1.58. The van der Waals surface area contributed by atoms with Crippen LogP contribution in [0.4, 0.5) is 0 Å². The maximum Gasteiger partial charge on any atom is 0.163 e. The molecule has 4 nitrogen and oxygen atoms in total. The molecular formula is C17H19Cl2NO3. The molecule has 0 bridgehead atoms. The van der Waals surface area contributed by atoms with Crippen molar-refractivity contribution in [1.29, 1.82) is 0 Å². The maximum atomic E-state index is 8.81. The Hall–Kier alpha value is -1.46. The van der Waals surface area contributed by atoms with E-state index in [1.54, 1.807) is 13.2 Å². The number of hydrogen-bond acceptors (Lipinski definition) is 4. The van der Waals surface area contributed by atoms with E-state index in [1.165, 1.54) is 0 Å². The minimum Gasteiger partial charge on any atom is -0.493 e. The summed E-state index contributed by atoms with van der Waals surface area (Å²) in [6, 6.07) is 11.1. The van der Waals surface area contributed by atoms with Crippen LogP contribution < -0.4 is 14.8 Å². The minimum atomic E-state index is 0.0790. The Balaban J connectivity index is 2.10. The van der Waals surface area contributed by atoms with Crippen LogP contribution >= 0.6 is 23.2 Å². The number of methoxy groups -OCH3 is 1. The zero-order chi connectivity index (χ0) is 16.7. The van der Waals surface area contributed by atoms with Crippen LogP contribution in [0.15, 0.2) is 36.4 Å². The first-order chi connectivity index (χ1) is 11.1. The first kappa shape index (κ1) is 17.9. The highest BCUT2D eigenvalue weighted by molar-refractivity contribution is 6.31. The van der Waals surface area contributed by atoms with Crippen molar-refractivity contribution in [1.82, 2.24) is 5.32 Å². The monoisotopic (exact) mass is 355 g/mol. The Morgan fingerprint density at radius 2 is 1.96 bits per heavy atom. The van der Waals surface area contributed by atoms with Crippen molar-refractivity contribution in [3.8, 4) is 11.5 Å². The SMILES string of the molecule is COc1cc(CNCCO)c(Cl)cc1OCc1cccc(Cl)c1. The van der Waals surface area contributed by atoms with Crippen LogP contribution in [0.1, 0.15) is 11.1 Å². The lowest BCUT2D eigenvalue weighted by molar-refractivity contribution is 0.284. The molecule has 23 heavy (non-hydrogen) atoms. The van der Waals surface area contributed by atoms with Gasteiger partial charge in [-0.1, -0.05) is 35.3 Å². The summed E-state index contributed by atoms with van der Waals surface area (Å²) in [6.07, 6.45) is 0. The second kappa shape index (κ2) is 8.99. The van der Waals surface area contributed by atoms with Crippen LogP contribution in [0.5, 0.6) is 11.5 Å². The third-order valence-electron chi connectivity index (χ3n) is 3.22. The van der Waals surface area contributed by atoms with E-state index < -0.39 is 0 Å². The Bertz CT molecular complexity index is 650. The van der Waals surface area contributed by atoms with Crippen molar-refractivity contribution < 1.29 is 14.6 Å². The minimum absolute atomic E-state index is 0.0790. The van der Waals surface area contributed by atoms with Gasteiger partial charge in [0.1, 0.15) is 6.61 Å². The number of benzene rings is 2. The van der Waals surface area contributed by atoms with Crippen molar-refractivity contribution in [3.63, 3.8) is 0 Å². The molecule has 0 spiro atoms. The lowest BCUT2D eigenvalue weighted by Crippen LogP contribution is -2.17. The molecule has 124 valence electrons. The molecule has 0 radical (unpaired) electrons. The fourth-order valence-electron chi connectivity index (χ4n) is 2.07. The number of halogens is 2. The molecule has 0 amide bonds. The van der Waals surface area contributed by atoms with Gasteiger partial charge in [0.2, 0.25) is 0 Å². The smallest absolute Gasteiger partial charge is 0.163 e. The fourth-order valence-corrected chi connectivity index (χ4v) is 2.51. The molecule has 2 N–H and O–H groups in total. The zero-order valence-corrected chi connectivity index (χ0v) is 14.3. The Morgan fingerprint density at radius 1 is 1.13 bits per heavy atom. The van der Waals surface area contributed by atoms with Gasteiger partial charge in [0, 0.05) is 29.2 Å². The first-order valence-corrected chi connectivity index (χ1v) is 7.95. The summed E-state index contributed by atoms with van der Waals surface area (Å²) in [4.78, 5) is 0. The van der Waals surface area contributed by atoms with Crippen molar-refractivity contribution in [2.45, 2.75) is 13.2 Å². The van der Waals surface area contributed by atoms with E-state index in [9.17, 15) is 0 Å². The van der Waals surface area contributed by atoms with Gasteiger partial charge in [-0.15, -0.1) is 0 Å². The number of aliphatic hydroxyl groups is 1. The van der Waals surface area contributed by atoms with Crippen LogP contribution in [-0.4, -0.2) is 25.4 Å². The summed E-state index contributed by atoms with van der Waals surface area (Å²) in [5.41, 5.74) is 1.84. The van der Waals surface area contributed by atoms with Crippen molar-refractivity contribution >= 4 is 23.2 Å². The van der Waals surface area contributed by atoms with Crippen LogP contribution in [0.25, 0.3) is 0 Å². The van der Waals surface area contributed by atoms with Gasteiger partial charge >= 0.3 is 0 Å². The van der Waals surface area contributed by atoms with Crippen LogP contribution in [0.3, 0.4) is 0 Å². The summed E-state index contributed by atoms with van der Waals surface area (Å²) in [5.74, 6) is 1.18. The average Bonchev–Trinajstić information content (AvgIpc) is 2.54. The van der Waals surface area contributed by atoms with E-state index in [2.05, 4.69) is 5.32 Å². The molecule has 0 aliphatic rings. The van der Waals surface area contributed by atoms with E-state index in [1.807, 2.05) is 30.3 Å². The third kappa shape index (κ3) is 5.29. The van der Waals surface area contributed by atoms with Gasteiger partial charge in [-0.25, -0.2) is 0 Å². The number of ether oxygens (including phenoxy) is 2. The van der Waals surface area contributed by atoms with E-state index in [4.69, 9.17) is 37.8 Å². The molecule has 2 aromatic rings. The highest BCUT2D eigenvalue weighted by atomic mass is 35.5. The average molecular weight is 356 g/mol. The molecule has 0 fully saturated rings. The van der Waals surface area contributed by atoms with Gasteiger partial charge in [-0.2, -0.15) is 0 Å². The van der Waals surface area contributed by atoms with Crippen molar-refractivity contribution in [2.75, 3.05) is 20.3 Å².